The number of nitrogens with two attached hydrogens (primary N) is 4. The van der Waals surface area contributed by atoms with Gasteiger partial charge >= 0.3 is 5.97 Å². The van der Waals surface area contributed by atoms with Gasteiger partial charge in [0.15, 0.2) is 0 Å². The Morgan fingerprint density at radius 3 is 1.41 bits per heavy atom. The first kappa shape index (κ1) is 27.2. The largest absolute Gasteiger partial charge is 0.481 e. The second-order valence-corrected chi connectivity index (χ2v) is 7.87. The van der Waals surface area contributed by atoms with Gasteiger partial charge in [-0.3, -0.25) is 43.6 Å². The summed E-state index contributed by atoms with van der Waals surface area (Å²) in [6, 6.07) is -0.654. The van der Waals surface area contributed by atoms with Gasteiger partial charge in [-0.25, -0.2) is 0 Å². The highest BCUT2D eigenvalue weighted by atomic mass is 16.4. The van der Waals surface area contributed by atoms with Crippen LogP contribution < -0.4 is 22.9 Å². The Kier molecular flexibility index (Phi) is 11.5. The van der Waals surface area contributed by atoms with Crippen LogP contribution in [-0.2, 0) is 24.0 Å². The van der Waals surface area contributed by atoms with Crippen LogP contribution in [0.2, 0.25) is 0 Å². The number of rotatable bonds is 10. The fraction of sp³-hybridized carbons (Fsp3) is 0.722. The average Bonchev–Trinajstić information content (AvgIpc) is 2.63. The Hall–Kier alpha value is -2.81. The molecular formula is C18H34N8O6. The smallest absolute Gasteiger partial charge is 0.304 e. The van der Waals surface area contributed by atoms with Crippen LogP contribution in [0.15, 0.2) is 0 Å². The summed E-state index contributed by atoms with van der Waals surface area (Å²) in [6.45, 7) is 1.67. The normalized spacial score (nSPS) is 20.7. The predicted molar refractivity (Wildman–Crippen MR) is 114 cm³/mol. The molecule has 0 spiro atoms. The molecule has 32 heavy (non-hydrogen) atoms. The summed E-state index contributed by atoms with van der Waals surface area (Å²) in [5, 5.41) is 9.40. The third-order valence-corrected chi connectivity index (χ3v) is 5.06. The summed E-state index contributed by atoms with van der Waals surface area (Å²) < 4.78 is 0. The summed E-state index contributed by atoms with van der Waals surface area (Å²) >= 11 is 0. The summed E-state index contributed by atoms with van der Waals surface area (Å²) in [5.74, 6) is -3.39. The zero-order chi connectivity index (χ0) is 24.3. The lowest BCUT2D eigenvalue weighted by Crippen LogP contribution is -2.54. The molecule has 1 aliphatic heterocycles. The molecule has 1 fully saturated rings. The van der Waals surface area contributed by atoms with E-state index in [0.717, 1.165) is 0 Å². The Morgan fingerprint density at radius 1 is 0.625 bits per heavy atom. The number of primary amides is 4. The molecule has 14 nitrogen and oxygen atoms in total. The number of hydrogen-bond acceptors (Lipinski definition) is 9. The van der Waals surface area contributed by atoms with Crippen molar-refractivity contribution in [2.45, 2.75) is 12.5 Å². The number of carboxylic acids is 1. The molecule has 0 aromatic heterocycles. The minimum absolute atomic E-state index is 0.0266. The van der Waals surface area contributed by atoms with Gasteiger partial charge in [-0.15, -0.1) is 0 Å². The Morgan fingerprint density at radius 2 is 1.00 bits per heavy atom. The predicted octanol–water partition coefficient (Wildman–Crippen LogP) is -5.01. The number of carbonyl (C=O) groups excluding carboxylic acids is 4. The van der Waals surface area contributed by atoms with Gasteiger partial charge in [-0.05, 0) is 0 Å². The van der Waals surface area contributed by atoms with Crippen molar-refractivity contribution in [3.05, 3.63) is 0 Å². The molecule has 0 saturated carbocycles. The highest BCUT2D eigenvalue weighted by molar-refractivity contribution is 5.77. The van der Waals surface area contributed by atoms with Gasteiger partial charge in [-0.1, -0.05) is 0 Å². The number of carboxylic acid groups (broad SMARTS) is 1. The van der Waals surface area contributed by atoms with E-state index in [0.29, 0.717) is 32.7 Å². The maximum absolute atomic E-state index is 11.6. The summed E-state index contributed by atoms with van der Waals surface area (Å²) in [7, 11) is 0. The number of hydrogen-bond donors (Lipinski definition) is 5. The fourth-order valence-electron chi connectivity index (χ4n) is 3.67. The number of amides is 4. The molecule has 1 atom stereocenters. The average molecular weight is 459 g/mol. The number of nitrogens with zero attached hydrogens (tertiary/aromatic N) is 4. The first-order valence-corrected chi connectivity index (χ1v) is 10.2. The van der Waals surface area contributed by atoms with Crippen LogP contribution in [0.25, 0.3) is 0 Å². The molecule has 4 amide bonds. The molecule has 1 unspecified atom stereocenters. The standard InChI is InChI=1S/C18H34N8O6/c19-14(27)9-23-1-2-24(10-15(20)28)5-6-26(12-17(22)30)13(7-18(31)32)8-25(4-3-23)11-16(21)29/h13H,1-12H2,(H2,19,27)(H2,20,28)(H2,21,29)(H2,22,30)(H,31,32). The van der Waals surface area contributed by atoms with E-state index in [4.69, 9.17) is 22.9 Å². The van der Waals surface area contributed by atoms with E-state index in [-0.39, 0.29) is 45.7 Å². The van der Waals surface area contributed by atoms with Crippen LogP contribution in [0.3, 0.4) is 0 Å². The van der Waals surface area contributed by atoms with Crippen molar-refractivity contribution in [3.8, 4) is 0 Å². The molecule has 14 heteroatoms. The zero-order valence-electron chi connectivity index (χ0n) is 18.1. The van der Waals surface area contributed by atoms with Crippen molar-refractivity contribution in [3.63, 3.8) is 0 Å². The Bertz CT molecular complexity index is 690. The van der Waals surface area contributed by atoms with Crippen LogP contribution in [0.5, 0.6) is 0 Å². The van der Waals surface area contributed by atoms with Crippen molar-refractivity contribution < 1.29 is 29.1 Å². The lowest BCUT2D eigenvalue weighted by molar-refractivity contribution is -0.139. The molecule has 1 aliphatic rings. The SMILES string of the molecule is NC(=O)CN1CCN(CC(N)=O)CCN(CC(N)=O)C(CC(=O)O)CN(CC(N)=O)CC1. The Balaban J connectivity index is 3.21. The number of aliphatic carboxylic acids is 1. The monoisotopic (exact) mass is 458 g/mol. The van der Waals surface area contributed by atoms with Crippen molar-refractivity contribution >= 4 is 29.6 Å². The Labute approximate surface area is 186 Å². The lowest BCUT2D eigenvalue weighted by atomic mass is 10.1. The van der Waals surface area contributed by atoms with Gasteiger partial charge in [0.25, 0.3) is 0 Å². The molecule has 0 aromatic rings. The van der Waals surface area contributed by atoms with E-state index in [9.17, 15) is 29.1 Å². The highest BCUT2D eigenvalue weighted by Crippen LogP contribution is 2.10. The summed E-state index contributed by atoms with van der Waals surface area (Å²) in [6.07, 6.45) is -0.302. The lowest BCUT2D eigenvalue weighted by Gasteiger charge is -2.37. The third-order valence-electron chi connectivity index (χ3n) is 5.06. The van der Waals surface area contributed by atoms with E-state index in [2.05, 4.69) is 0 Å². The van der Waals surface area contributed by atoms with E-state index < -0.39 is 35.6 Å². The molecule has 0 aromatic carbocycles. The molecular weight excluding hydrogens is 424 g/mol. The zero-order valence-corrected chi connectivity index (χ0v) is 18.1. The minimum Gasteiger partial charge on any atom is -0.481 e. The van der Waals surface area contributed by atoms with Crippen LogP contribution >= 0.6 is 0 Å². The maximum Gasteiger partial charge on any atom is 0.304 e. The molecule has 1 saturated heterocycles. The molecule has 0 bridgehead atoms. The van der Waals surface area contributed by atoms with Crippen LogP contribution in [0.1, 0.15) is 6.42 Å². The van der Waals surface area contributed by atoms with Gasteiger partial charge in [0.05, 0.1) is 32.6 Å². The van der Waals surface area contributed by atoms with Gasteiger partial charge in [0, 0.05) is 51.9 Å². The van der Waals surface area contributed by atoms with E-state index >= 15 is 0 Å². The maximum atomic E-state index is 11.6. The molecule has 1 heterocycles. The van der Waals surface area contributed by atoms with Crippen LogP contribution in [0.4, 0.5) is 0 Å². The fourth-order valence-corrected chi connectivity index (χ4v) is 3.67. The van der Waals surface area contributed by atoms with Crippen LogP contribution in [-0.4, -0.2) is 132 Å². The highest BCUT2D eigenvalue weighted by Gasteiger charge is 2.27. The van der Waals surface area contributed by atoms with Crippen molar-refractivity contribution in [2.24, 2.45) is 22.9 Å². The molecule has 1 rings (SSSR count). The minimum atomic E-state index is -1.08. The quantitative estimate of drug-likeness (QED) is 0.209. The van der Waals surface area contributed by atoms with Gasteiger partial charge < -0.3 is 28.0 Å². The summed E-state index contributed by atoms with van der Waals surface area (Å²) in [5.41, 5.74) is 21.4. The second kappa shape index (κ2) is 13.6. The molecule has 0 radical (unpaired) electrons. The molecule has 9 N–H and O–H groups in total. The van der Waals surface area contributed by atoms with Crippen molar-refractivity contribution in [2.75, 3.05) is 72.0 Å². The van der Waals surface area contributed by atoms with E-state index in [1.54, 1.807) is 19.6 Å². The second-order valence-electron chi connectivity index (χ2n) is 7.87. The molecule has 0 aliphatic carbocycles. The van der Waals surface area contributed by atoms with Crippen molar-refractivity contribution in [1.29, 1.82) is 0 Å². The van der Waals surface area contributed by atoms with E-state index in [1.165, 1.54) is 0 Å². The molecule has 182 valence electrons. The van der Waals surface area contributed by atoms with Crippen LogP contribution in [0, 0.1) is 0 Å². The van der Waals surface area contributed by atoms with Gasteiger partial charge in [0.1, 0.15) is 0 Å². The number of carbonyl (C=O) groups is 5. The van der Waals surface area contributed by atoms with Gasteiger partial charge in [0.2, 0.25) is 23.6 Å². The van der Waals surface area contributed by atoms with E-state index in [1.807, 2.05) is 0 Å². The third kappa shape index (κ3) is 11.5. The van der Waals surface area contributed by atoms with Gasteiger partial charge in [-0.2, -0.15) is 0 Å². The van der Waals surface area contributed by atoms with Crippen molar-refractivity contribution in [1.82, 2.24) is 19.6 Å². The first-order chi connectivity index (χ1) is 15.0. The first-order valence-electron chi connectivity index (χ1n) is 10.2. The topological polar surface area (TPSA) is 223 Å². The summed E-state index contributed by atoms with van der Waals surface area (Å²) in [4.78, 5) is 64.5.